The monoisotopic (exact) mass is 536 g/mol. The number of fused-ring (bicyclic) bond motifs is 1. The summed E-state index contributed by atoms with van der Waals surface area (Å²) in [5.74, 6) is -1.06. The zero-order valence-electron chi connectivity index (χ0n) is 18.3. The van der Waals surface area contributed by atoms with Gasteiger partial charge in [0, 0.05) is 21.6 Å². The second-order valence-electron chi connectivity index (χ2n) is 7.19. The molecular weight excluding hydrogens is 519 g/mol. The summed E-state index contributed by atoms with van der Waals surface area (Å²) >= 11 is 12.0. The van der Waals surface area contributed by atoms with Crippen LogP contribution in [0.4, 0.5) is 5.69 Å². The number of nitrogens with zero attached hydrogens (tertiary/aromatic N) is 4. The summed E-state index contributed by atoms with van der Waals surface area (Å²) < 4.78 is 39.7. The van der Waals surface area contributed by atoms with Gasteiger partial charge in [0.2, 0.25) is 5.88 Å². The van der Waals surface area contributed by atoms with E-state index in [0.29, 0.717) is 16.6 Å². The lowest BCUT2D eigenvalue weighted by atomic mass is 10.2. The molecule has 35 heavy (non-hydrogen) atoms. The van der Waals surface area contributed by atoms with Gasteiger partial charge in [0.1, 0.15) is 12.2 Å². The smallest absolute Gasteiger partial charge is 0.324 e. The Kier molecular flexibility index (Phi) is 6.75. The predicted molar refractivity (Wildman–Crippen MR) is 131 cm³/mol. The van der Waals surface area contributed by atoms with Gasteiger partial charge in [0.25, 0.3) is 10.0 Å². The van der Waals surface area contributed by atoms with Gasteiger partial charge in [-0.2, -0.15) is 4.98 Å². The first-order valence-corrected chi connectivity index (χ1v) is 12.1. The van der Waals surface area contributed by atoms with Gasteiger partial charge < -0.3 is 19.1 Å². The average molecular weight is 537 g/mol. The molecule has 13 heteroatoms. The standard InChI is InChI=1S/C22H18Cl2N4O6S/c1-33-21-19(11-25-22(26-21)34-2)27-6-5-13-7-16(3-4-18(13)27)28(12-20(29)30)35(31,32)17-9-14(23)8-15(24)10-17/h3-11H,12H2,1-2H3,(H,29,30). The number of halogens is 2. The molecule has 0 aliphatic carbocycles. The Morgan fingerprint density at radius 3 is 2.43 bits per heavy atom. The van der Waals surface area contributed by atoms with Crippen molar-refractivity contribution in [1.82, 2.24) is 14.5 Å². The van der Waals surface area contributed by atoms with Gasteiger partial charge in [0.15, 0.2) is 0 Å². The number of carbonyl (C=O) groups is 1. The van der Waals surface area contributed by atoms with Crippen LogP contribution in [-0.4, -0.2) is 54.8 Å². The number of carboxylic acids is 1. The number of rotatable bonds is 8. The zero-order valence-corrected chi connectivity index (χ0v) is 20.7. The molecule has 10 nitrogen and oxygen atoms in total. The molecule has 0 atom stereocenters. The van der Waals surface area contributed by atoms with Crippen LogP contribution in [0.3, 0.4) is 0 Å². The predicted octanol–water partition coefficient (Wildman–Crippen LogP) is 4.02. The van der Waals surface area contributed by atoms with Gasteiger partial charge in [-0.15, -0.1) is 0 Å². The Hall–Kier alpha value is -3.54. The van der Waals surface area contributed by atoms with Crippen LogP contribution in [0.5, 0.6) is 11.9 Å². The van der Waals surface area contributed by atoms with Crippen LogP contribution in [-0.2, 0) is 14.8 Å². The summed E-state index contributed by atoms with van der Waals surface area (Å²) in [5.41, 5.74) is 1.35. The molecule has 0 saturated heterocycles. The zero-order chi connectivity index (χ0) is 25.3. The van der Waals surface area contributed by atoms with Gasteiger partial charge in [-0.25, -0.2) is 13.4 Å². The Bertz CT molecular complexity index is 1520. The van der Waals surface area contributed by atoms with Crippen molar-refractivity contribution < 1.29 is 27.8 Å². The Balaban J connectivity index is 1.82. The molecule has 0 aliphatic rings. The highest BCUT2D eigenvalue weighted by Crippen LogP contribution is 2.32. The molecule has 4 rings (SSSR count). The van der Waals surface area contributed by atoms with E-state index in [-0.39, 0.29) is 32.5 Å². The molecule has 2 aromatic carbocycles. The molecule has 0 bridgehead atoms. The van der Waals surface area contributed by atoms with Crippen LogP contribution in [0.25, 0.3) is 16.6 Å². The van der Waals surface area contributed by atoms with Crippen LogP contribution in [0.1, 0.15) is 0 Å². The first kappa shape index (κ1) is 24.6. The van der Waals surface area contributed by atoms with E-state index in [4.69, 9.17) is 32.7 Å². The molecular formula is C22H18Cl2N4O6S. The van der Waals surface area contributed by atoms with Crippen molar-refractivity contribution in [3.63, 3.8) is 0 Å². The maximum absolute atomic E-state index is 13.4. The van der Waals surface area contributed by atoms with E-state index in [1.54, 1.807) is 29.0 Å². The van der Waals surface area contributed by atoms with Crippen molar-refractivity contribution in [1.29, 1.82) is 0 Å². The third kappa shape index (κ3) is 4.83. The molecule has 0 spiro atoms. The second-order valence-corrected chi connectivity index (χ2v) is 9.93. The molecule has 0 fully saturated rings. The fourth-order valence-electron chi connectivity index (χ4n) is 3.50. The van der Waals surface area contributed by atoms with E-state index >= 15 is 0 Å². The molecule has 4 aromatic rings. The van der Waals surface area contributed by atoms with Gasteiger partial charge in [-0.1, -0.05) is 23.2 Å². The van der Waals surface area contributed by atoms with Gasteiger partial charge >= 0.3 is 12.0 Å². The first-order valence-electron chi connectivity index (χ1n) is 9.91. The molecule has 2 aromatic heterocycles. The number of hydrogen-bond donors (Lipinski definition) is 1. The summed E-state index contributed by atoms with van der Waals surface area (Å²) in [7, 11) is -1.40. The van der Waals surface area contributed by atoms with Crippen LogP contribution in [0, 0.1) is 0 Å². The minimum Gasteiger partial charge on any atom is -0.480 e. The Morgan fingerprint density at radius 1 is 1.09 bits per heavy atom. The topological polar surface area (TPSA) is 124 Å². The fourth-order valence-corrected chi connectivity index (χ4v) is 5.63. The molecule has 0 unspecified atom stereocenters. The van der Waals surface area contributed by atoms with E-state index in [1.165, 1.54) is 44.7 Å². The highest BCUT2D eigenvalue weighted by Gasteiger charge is 2.28. The van der Waals surface area contributed by atoms with E-state index in [1.807, 2.05) is 0 Å². The van der Waals surface area contributed by atoms with Crippen LogP contribution >= 0.6 is 23.2 Å². The Labute approximate surface area is 210 Å². The third-order valence-corrected chi connectivity index (χ3v) is 7.20. The fraction of sp³-hybridized carbons (Fsp3) is 0.136. The number of hydrogen-bond acceptors (Lipinski definition) is 7. The van der Waals surface area contributed by atoms with E-state index < -0.39 is 22.5 Å². The van der Waals surface area contributed by atoms with Gasteiger partial charge in [-0.3, -0.25) is 9.10 Å². The number of methoxy groups -OCH3 is 2. The summed E-state index contributed by atoms with van der Waals surface area (Å²) in [6.45, 7) is -0.807. The lowest BCUT2D eigenvalue weighted by molar-refractivity contribution is -0.135. The van der Waals surface area contributed by atoms with Crippen molar-refractivity contribution in [2.75, 3.05) is 25.1 Å². The first-order chi connectivity index (χ1) is 16.6. The number of aliphatic carboxylic acids is 1. The Morgan fingerprint density at radius 2 is 1.80 bits per heavy atom. The van der Waals surface area contributed by atoms with Crippen molar-refractivity contribution in [2.24, 2.45) is 0 Å². The van der Waals surface area contributed by atoms with Crippen molar-refractivity contribution >= 4 is 55.8 Å². The van der Waals surface area contributed by atoms with Crippen LogP contribution < -0.4 is 13.8 Å². The number of carboxylic acid groups (broad SMARTS) is 1. The minimum atomic E-state index is -4.30. The van der Waals surface area contributed by atoms with Gasteiger partial charge in [0.05, 0.1) is 36.5 Å². The van der Waals surface area contributed by atoms with Crippen molar-refractivity contribution in [2.45, 2.75) is 4.90 Å². The molecule has 0 amide bonds. The number of anilines is 1. The number of benzene rings is 2. The summed E-state index contributed by atoms with van der Waals surface area (Å²) in [5, 5.41) is 10.3. The third-order valence-electron chi connectivity index (χ3n) is 5.01. The largest absolute Gasteiger partial charge is 0.480 e. The summed E-state index contributed by atoms with van der Waals surface area (Å²) in [6, 6.07) is 10.4. The SMILES string of the molecule is COc1ncc(-n2ccc3cc(N(CC(=O)O)S(=O)(=O)c4cc(Cl)cc(Cl)c4)ccc32)c(OC)n1. The number of aromatic nitrogens is 3. The highest BCUT2D eigenvalue weighted by molar-refractivity contribution is 7.92. The molecule has 0 aliphatic heterocycles. The lowest BCUT2D eigenvalue weighted by Crippen LogP contribution is -2.35. The second kappa shape index (κ2) is 9.61. The lowest BCUT2D eigenvalue weighted by Gasteiger charge is -2.23. The molecule has 0 radical (unpaired) electrons. The maximum atomic E-state index is 13.4. The average Bonchev–Trinajstić information content (AvgIpc) is 3.24. The summed E-state index contributed by atoms with van der Waals surface area (Å²) in [6.07, 6.45) is 3.26. The molecule has 1 N–H and O–H groups in total. The van der Waals surface area contributed by atoms with E-state index in [0.717, 1.165) is 4.31 Å². The maximum Gasteiger partial charge on any atom is 0.324 e. The molecule has 0 saturated carbocycles. The van der Waals surface area contributed by atoms with Crippen LogP contribution in [0.15, 0.2) is 59.8 Å². The molecule has 2 heterocycles. The minimum absolute atomic E-state index is 0.106. The summed E-state index contributed by atoms with van der Waals surface area (Å²) in [4.78, 5) is 19.6. The quantitative estimate of drug-likeness (QED) is 0.358. The van der Waals surface area contributed by atoms with E-state index in [9.17, 15) is 18.3 Å². The molecule has 182 valence electrons. The van der Waals surface area contributed by atoms with Crippen molar-refractivity contribution in [3.05, 3.63) is 64.9 Å². The van der Waals surface area contributed by atoms with Crippen molar-refractivity contribution in [3.8, 4) is 17.6 Å². The van der Waals surface area contributed by atoms with Gasteiger partial charge in [-0.05, 0) is 42.5 Å². The highest BCUT2D eigenvalue weighted by atomic mass is 35.5. The normalized spacial score (nSPS) is 11.4. The van der Waals surface area contributed by atoms with Crippen LogP contribution in [0.2, 0.25) is 10.0 Å². The van der Waals surface area contributed by atoms with E-state index in [2.05, 4.69) is 9.97 Å². The number of ether oxygens (including phenoxy) is 2. The number of sulfonamides is 1.